The molecule has 1 fully saturated rings. The molecule has 0 aromatic carbocycles. The monoisotopic (exact) mass is 494 g/mol. The lowest BCUT2D eigenvalue weighted by atomic mass is 10.1. The number of alkyl halides is 1. The zero-order valence-corrected chi connectivity index (χ0v) is 18.2. The van der Waals surface area contributed by atoms with E-state index in [9.17, 15) is 9.18 Å². The van der Waals surface area contributed by atoms with Crippen molar-refractivity contribution in [2.24, 2.45) is 0 Å². The van der Waals surface area contributed by atoms with E-state index >= 15 is 0 Å². The number of fused-ring (bicyclic) bond motifs is 1. The molecule has 1 aliphatic rings. The second-order valence-electron chi connectivity index (χ2n) is 6.70. The summed E-state index contributed by atoms with van der Waals surface area (Å²) >= 11 is 3.19. The van der Waals surface area contributed by atoms with Gasteiger partial charge in [-0.2, -0.15) is 10.6 Å². The second-order valence-corrected chi connectivity index (χ2v) is 7.49. The van der Waals surface area contributed by atoms with Gasteiger partial charge in [0.2, 0.25) is 11.5 Å². The highest BCUT2D eigenvalue weighted by Gasteiger charge is 2.31. The molecule has 0 radical (unpaired) electrons. The van der Waals surface area contributed by atoms with Gasteiger partial charge in [-0.05, 0) is 25.0 Å². The predicted octanol–water partition coefficient (Wildman–Crippen LogP) is 3.03. The van der Waals surface area contributed by atoms with Crippen molar-refractivity contribution in [3.05, 3.63) is 42.1 Å². The molecule has 0 bridgehead atoms. The van der Waals surface area contributed by atoms with Crippen LogP contribution in [0.1, 0.15) is 24.4 Å². The summed E-state index contributed by atoms with van der Waals surface area (Å²) in [6.07, 6.45) is 5.17. The van der Waals surface area contributed by atoms with Crippen molar-refractivity contribution < 1.29 is 23.5 Å². The first-order chi connectivity index (χ1) is 15.1. The molecule has 4 rings (SSSR count). The highest BCUT2D eigenvalue weighted by Crippen LogP contribution is 2.39. The van der Waals surface area contributed by atoms with Gasteiger partial charge in [0.1, 0.15) is 11.6 Å². The fourth-order valence-corrected chi connectivity index (χ4v) is 3.72. The molecule has 0 aliphatic carbocycles. The number of rotatable bonds is 7. The number of ether oxygens (including phenoxy) is 2. The topological polar surface area (TPSA) is 103 Å². The van der Waals surface area contributed by atoms with E-state index in [-0.39, 0.29) is 11.8 Å². The average Bonchev–Trinajstić information content (AvgIpc) is 3.41. The highest BCUT2D eigenvalue weighted by molar-refractivity contribution is 9.09. The third-order valence-electron chi connectivity index (χ3n) is 4.80. The second kappa shape index (κ2) is 9.43. The number of halogens is 2. The Morgan fingerprint density at radius 2 is 2.29 bits per heavy atom. The van der Waals surface area contributed by atoms with Crippen LogP contribution in [0, 0.1) is 5.82 Å². The molecule has 1 atom stereocenters. The zero-order chi connectivity index (χ0) is 21.8. The number of nitrogens with zero attached hydrogens (tertiary/aromatic N) is 5. The maximum Gasteiger partial charge on any atom is 0.436 e. The van der Waals surface area contributed by atoms with Crippen LogP contribution < -0.4 is 19.9 Å². The van der Waals surface area contributed by atoms with E-state index in [1.807, 2.05) is 0 Å². The van der Waals surface area contributed by atoms with Crippen molar-refractivity contribution in [1.29, 1.82) is 0 Å². The molecule has 1 saturated heterocycles. The van der Waals surface area contributed by atoms with E-state index < -0.39 is 11.9 Å². The molecule has 1 N–H and O–H groups in total. The standard InChI is InChI=1S/C19H20BrFN6O4/c1-29-18-13(9-12(21)10-22-18)14-3-2-6-26(14)16-4-7-27-17(24-16)15(11-23-27)31-19(28)25-30-8-5-20/h4,7,9-11,14H,2-3,5-6,8H2,1H3,(H,25,28)/t14-/m1/s1. The van der Waals surface area contributed by atoms with Gasteiger partial charge in [-0.1, -0.05) is 15.9 Å². The van der Waals surface area contributed by atoms with Gasteiger partial charge in [-0.3, -0.25) is 4.84 Å². The highest BCUT2D eigenvalue weighted by atomic mass is 79.9. The Kier molecular flexibility index (Phi) is 6.47. The van der Waals surface area contributed by atoms with Crippen LogP contribution in [0.15, 0.2) is 30.7 Å². The van der Waals surface area contributed by atoms with Gasteiger partial charge in [-0.15, -0.1) is 0 Å². The molecular formula is C19H20BrFN6O4. The molecule has 164 valence electrons. The van der Waals surface area contributed by atoms with Gasteiger partial charge >= 0.3 is 6.09 Å². The summed E-state index contributed by atoms with van der Waals surface area (Å²) in [6, 6.07) is 3.10. The Balaban J connectivity index is 1.60. The fraction of sp³-hybridized carbons (Fsp3) is 0.368. The minimum atomic E-state index is -0.780. The smallest absolute Gasteiger partial charge is 0.436 e. The molecule has 4 heterocycles. The molecule has 1 aliphatic heterocycles. The SMILES string of the molecule is COc1ncc(F)cc1[C@H]1CCCN1c1ccn2ncc(OC(=O)NOCCBr)c2n1. The summed E-state index contributed by atoms with van der Waals surface area (Å²) in [4.78, 5) is 27.6. The lowest BCUT2D eigenvalue weighted by Gasteiger charge is -2.26. The molecule has 3 aromatic rings. The van der Waals surface area contributed by atoms with Gasteiger partial charge in [0, 0.05) is 23.6 Å². The van der Waals surface area contributed by atoms with E-state index in [2.05, 4.69) is 41.4 Å². The third kappa shape index (κ3) is 4.54. The Hall–Kier alpha value is -2.99. The van der Waals surface area contributed by atoms with Crippen LogP contribution in [0.3, 0.4) is 0 Å². The minimum Gasteiger partial charge on any atom is -0.481 e. The lowest BCUT2D eigenvalue weighted by molar-refractivity contribution is 0.0556. The van der Waals surface area contributed by atoms with Crippen LogP contribution in [0.5, 0.6) is 11.6 Å². The molecule has 0 unspecified atom stereocenters. The van der Waals surface area contributed by atoms with Crippen molar-refractivity contribution in [3.8, 4) is 11.6 Å². The zero-order valence-electron chi connectivity index (χ0n) is 16.6. The number of hydrogen-bond acceptors (Lipinski definition) is 8. The fourth-order valence-electron chi connectivity index (χ4n) is 3.56. The number of amides is 1. The normalized spacial score (nSPS) is 16.0. The maximum absolute atomic E-state index is 13.9. The number of anilines is 1. The van der Waals surface area contributed by atoms with Gasteiger partial charge in [0.25, 0.3) is 0 Å². The number of carbonyl (C=O) groups excluding carboxylic acids is 1. The van der Waals surface area contributed by atoms with Crippen molar-refractivity contribution >= 4 is 33.5 Å². The number of hydroxylamine groups is 1. The number of nitrogens with one attached hydrogen (secondary N) is 1. The maximum atomic E-state index is 13.9. The molecule has 3 aromatic heterocycles. The predicted molar refractivity (Wildman–Crippen MR) is 112 cm³/mol. The number of carbonyl (C=O) groups is 1. The van der Waals surface area contributed by atoms with Crippen LogP contribution in [0.4, 0.5) is 15.0 Å². The van der Waals surface area contributed by atoms with Crippen LogP contribution >= 0.6 is 15.9 Å². The van der Waals surface area contributed by atoms with Crippen LogP contribution in [-0.4, -0.2) is 51.3 Å². The number of aromatic nitrogens is 4. The van der Waals surface area contributed by atoms with Gasteiger partial charge < -0.3 is 14.4 Å². The van der Waals surface area contributed by atoms with Gasteiger partial charge in [0.05, 0.1) is 32.2 Å². The summed E-state index contributed by atoms with van der Waals surface area (Å²) in [5.41, 5.74) is 3.21. The van der Waals surface area contributed by atoms with Crippen molar-refractivity contribution in [1.82, 2.24) is 25.1 Å². The van der Waals surface area contributed by atoms with E-state index in [1.54, 1.807) is 12.3 Å². The Morgan fingerprint density at radius 1 is 1.42 bits per heavy atom. The Labute approximate surface area is 185 Å². The quantitative estimate of drug-likeness (QED) is 0.303. The van der Waals surface area contributed by atoms with Crippen molar-refractivity contribution in [3.63, 3.8) is 0 Å². The summed E-state index contributed by atoms with van der Waals surface area (Å²) in [7, 11) is 1.51. The molecular weight excluding hydrogens is 475 g/mol. The summed E-state index contributed by atoms with van der Waals surface area (Å²) in [6.45, 7) is 1.01. The summed E-state index contributed by atoms with van der Waals surface area (Å²) < 4.78 is 26.0. The summed E-state index contributed by atoms with van der Waals surface area (Å²) in [5.74, 6) is 0.781. The molecule has 12 heteroatoms. The first-order valence-corrected chi connectivity index (χ1v) is 10.7. The lowest BCUT2D eigenvalue weighted by Crippen LogP contribution is -2.27. The molecule has 1 amide bonds. The first kappa shape index (κ1) is 21.2. The molecule has 0 saturated carbocycles. The van der Waals surface area contributed by atoms with Crippen LogP contribution in [0.25, 0.3) is 5.65 Å². The average molecular weight is 495 g/mol. The van der Waals surface area contributed by atoms with Gasteiger partial charge in [0.15, 0.2) is 5.75 Å². The van der Waals surface area contributed by atoms with Crippen LogP contribution in [-0.2, 0) is 4.84 Å². The summed E-state index contributed by atoms with van der Waals surface area (Å²) in [5, 5.41) is 4.72. The third-order valence-corrected chi connectivity index (χ3v) is 5.13. The number of methoxy groups -OCH3 is 1. The minimum absolute atomic E-state index is 0.152. The molecule has 31 heavy (non-hydrogen) atoms. The van der Waals surface area contributed by atoms with E-state index in [4.69, 9.17) is 14.3 Å². The van der Waals surface area contributed by atoms with E-state index in [0.29, 0.717) is 34.8 Å². The van der Waals surface area contributed by atoms with E-state index in [1.165, 1.54) is 23.9 Å². The first-order valence-electron chi connectivity index (χ1n) is 9.56. The number of hydrogen-bond donors (Lipinski definition) is 1. The largest absolute Gasteiger partial charge is 0.481 e. The Morgan fingerprint density at radius 3 is 3.10 bits per heavy atom. The van der Waals surface area contributed by atoms with Crippen molar-refractivity contribution in [2.75, 3.05) is 30.5 Å². The Bertz CT molecular complexity index is 1080. The number of pyridine rings is 1. The van der Waals surface area contributed by atoms with Crippen LogP contribution in [0.2, 0.25) is 0 Å². The molecule has 0 spiro atoms. The van der Waals surface area contributed by atoms with Crippen molar-refractivity contribution in [2.45, 2.75) is 18.9 Å². The van der Waals surface area contributed by atoms with E-state index in [0.717, 1.165) is 25.6 Å². The van der Waals surface area contributed by atoms with Gasteiger partial charge in [-0.25, -0.2) is 23.7 Å². The molecule has 10 nitrogen and oxygen atoms in total.